The van der Waals surface area contributed by atoms with Gasteiger partial charge in [0, 0.05) is 25.2 Å². The number of hydrogen-bond acceptors (Lipinski definition) is 1. The first-order chi connectivity index (χ1) is 14.0. The minimum Gasteiger partial charge on any atom is -0.581 e. The maximum Gasteiger partial charge on any atom is 0.294 e. The van der Waals surface area contributed by atoms with Gasteiger partial charge in [-0.3, -0.25) is 0 Å². The van der Waals surface area contributed by atoms with Crippen LogP contribution in [0.15, 0.2) is 36.4 Å². The molecule has 3 rings (SSSR count). The monoisotopic (exact) mass is 403 g/mol. The molecule has 29 heavy (non-hydrogen) atoms. The minimum absolute atomic E-state index is 0.00243. The van der Waals surface area contributed by atoms with Gasteiger partial charge in [-0.1, -0.05) is 37.6 Å². The van der Waals surface area contributed by atoms with E-state index in [1.807, 2.05) is 12.1 Å². The fraction of sp³-hybridized carbons (Fsp3) is 0.520. The summed E-state index contributed by atoms with van der Waals surface area (Å²) in [4.78, 5) is 0. The van der Waals surface area contributed by atoms with Gasteiger partial charge in [0.05, 0.1) is 5.60 Å². The second-order valence-corrected chi connectivity index (χ2v) is 8.28. The van der Waals surface area contributed by atoms with Crippen molar-refractivity contribution in [3.8, 4) is 16.9 Å². The highest BCUT2D eigenvalue weighted by Crippen LogP contribution is 2.40. The smallest absolute Gasteiger partial charge is 0.294 e. The Kier molecular flexibility index (Phi) is 7.28. The van der Waals surface area contributed by atoms with Gasteiger partial charge in [0.15, 0.2) is 12.4 Å². The van der Waals surface area contributed by atoms with Gasteiger partial charge in [0.25, 0.3) is 11.6 Å². The second-order valence-electron chi connectivity index (χ2n) is 8.28. The number of unbranched alkanes of at least 4 members (excludes halogenated alkanes) is 1. The van der Waals surface area contributed by atoms with Crippen LogP contribution in [0.4, 0.5) is 8.78 Å². The summed E-state index contributed by atoms with van der Waals surface area (Å²) >= 11 is 0. The Bertz CT molecular complexity index is 793. The molecule has 0 aromatic heterocycles. The lowest BCUT2D eigenvalue weighted by molar-refractivity contribution is -0.0601. The fourth-order valence-corrected chi connectivity index (χ4v) is 4.16. The molecule has 2 aromatic carbocycles. The summed E-state index contributed by atoms with van der Waals surface area (Å²) in [7, 11) is 0. The molecule has 0 saturated heterocycles. The Balaban J connectivity index is 1.66. The molecule has 1 N–H and O–H groups in total. The van der Waals surface area contributed by atoms with Crippen LogP contribution in [0.5, 0.6) is 5.75 Å². The summed E-state index contributed by atoms with van der Waals surface area (Å²) in [5.41, 5.74) is 2.24. The molecule has 1 fully saturated rings. The summed E-state index contributed by atoms with van der Waals surface area (Å²) < 4.78 is 38.8. The van der Waals surface area contributed by atoms with Crippen LogP contribution in [0, 0.1) is 11.6 Å². The van der Waals surface area contributed by atoms with E-state index in [9.17, 15) is 8.78 Å². The molecule has 0 unspecified atom stereocenters. The van der Waals surface area contributed by atoms with Crippen molar-refractivity contribution in [1.29, 1.82) is 0 Å². The molecule has 1 saturated carbocycles. The first kappa shape index (κ1) is 21.8. The van der Waals surface area contributed by atoms with Gasteiger partial charge in [-0.2, -0.15) is 4.39 Å². The van der Waals surface area contributed by atoms with Gasteiger partial charge in [-0.25, -0.2) is 4.39 Å². The number of rotatable bonds is 8. The van der Waals surface area contributed by atoms with Crippen LogP contribution in [0.1, 0.15) is 70.8 Å². The fourth-order valence-electron chi connectivity index (χ4n) is 4.16. The summed E-state index contributed by atoms with van der Waals surface area (Å²) in [5, 5.41) is 0. The van der Waals surface area contributed by atoms with Gasteiger partial charge in [0.2, 0.25) is 0 Å². The van der Waals surface area contributed by atoms with Crippen LogP contribution in [0.3, 0.4) is 0 Å². The highest BCUT2D eigenvalue weighted by Gasteiger charge is 2.32. The third-order valence-electron chi connectivity index (χ3n) is 6.08. The summed E-state index contributed by atoms with van der Waals surface area (Å²) in [6.45, 7) is 7.48. The highest BCUT2D eigenvalue weighted by molar-refractivity contribution is 5.65. The Morgan fingerprint density at radius 2 is 1.69 bits per heavy atom. The van der Waals surface area contributed by atoms with E-state index >= 15 is 0 Å². The third kappa shape index (κ3) is 5.16. The second kappa shape index (κ2) is 9.71. The molecule has 1 aliphatic carbocycles. The molecule has 0 amide bonds. The van der Waals surface area contributed by atoms with Crippen molar-refractivity contribution in [3.63, 3.8) is 0 Å². The minimum atomic E-state index is -0.872. The first-order valence-corrected chi connectivity index (χ1v) is 10.9. The molecule has 0 aliphatic heterocycles. The number of ether oxygens (including phenoxy) is 2. The first-order valence-electron chi connectivity index (χ1n) is 10.9. The molecule has 2 aromatic rings. The molecule has 2 nitrogen and oxygen atoms in total. The molecular weight excluding hydrogens is 370 g/mol. The Labute approximate surface area is 173 Å². The molecule has 0 bridgehead atoms. The maximum atomic E-state index is 14.5. The van der Waals surface area contributed by atoms with Crippen molar-refractivity contribution in [2.24, 2.45) is 0 Å². The van der Waals surface area contributed by atoms with Crippen molar-refractivity contribution in [2.45, 2.75) is 70.8 Å². The standard InChI is InChI=1S/C25H32F2O2/c1-4-6-17-29-25(3)15-13-19(14-16-25)18-7-9-20(10-8-18)21-11-12-22(28-5-2)24(27)23(21)26/h7-12,19H,4-6,13-17H2,1-3H3/p+1. The number of aromatic hydroxyl groups is 1. The molecule has 1 aliphatic rings. The van der Waals surface area contributed by atoms with E-state index in [4.69, 9.17) is 4.74 Å². The summed E-state index contributed by atoms with van der Waals surface area (Å²) in [5.74, 6) is -1.12. The van der Waals surface area contributed by atoms with Gasteiger partial charge < -0.3 is 9.47 Å². The molecule has 0 radical (unpaired) electrons. The van der Waals surface area contributed by atoms with E-state index in [2.05, 4.69) is 30.7 Å². The lowest BCUT2D eigenvalue weighted by Gasteiger charge is -2.37. The quantitative estimate of drug-likeness (QED) is 0.339. The Morgan fingerprint density at radius 1 is 1.00 bits per heavy atom. The van der Waals surface area contributed by atoms with E-state index in [0.717, 1.165) is 45.1 Å². The Morgan fingerprint density at radius 3 is 2.31 bits per heavy atom. The van der Waals surface area contributed by atoms with E-state index in [0.29, 0.717) is 18.1 Å². The van der Waals surface area contributed by atoms with E-state index in [1.165, 1.54) is 5.56 Å². The van der Waals surface area contributed by atoms with Crippen molar-refractivity contribution in [2.75, 3.05) is 13.2 Å². The van der Waals surface area contributed by atoms with Crippen molar-refractivity contribution in [1.82, 2.24) is 0 Å². The van der Waals surface area contributed by atoms with Crippen LogP contribution >= 0.6 is 0 Å². The lowest BCUT2D eigenvalue weighted by Crippen LogP contribution is -2.33. The number of hydrogen-bond donors (Lipinski definition) is 0. The lowest BCUT2D eigenvalue weighted by atomic mass is 9.76. The summed E-state index contributed by atoms with van der Waals surface area (Å²) in [6.07, 6.45) is 6.59. The number of halogens is 2. The average Bonchev–Trinajstić information content (AvgIpc) is 2.73. The molecule has 0 heterocycles. The van der Waals surface area contributed by atoms with E-state index in [-0.39, 0.29) is 16.9 Å². The SMILES string of the molecule is CCCCOC1(C)CCC(c2ccc(-c3ccc([OH+]CC)c(F)c3F)cc2)CC1. The predicted octanol–water partition coefficient (Wildman–Crippen LogP) is 7.13. The molecular formula is C25H33F2O2+. The zero-order chi connectivity index (χ0) is 20.9. The van der Waals surface area contributed by atoms with Crippen LogP contribution in [-0.4, -0.2) is 23.6 Å². The van der Waals surface area contributed by atoms with Gasteiger partial charge in [-0.05, 0) is 62.1 Å². The van der Waals surface area contributed by atoms with Crippen LogP contribution in [0.25, 0.3) is 11.1 Å². The van der Waals surface area contributed by atoms with Crippen LogP contribution in [0.2, 0.25) is 0 Å². The zero-order valence-electron chi connectivity index (χ0n) is 17.8. The topological polar surface area (TPSA) is 22.0 Å². The van der Waals surface area contributed by atoms with Crippen LogP contribution < -0.4 is 0 Å². The number of benzene rings is 2. The number of aliphatic hydroxyl groups is 1. The van der Waals surface area contributed by atoms with Gasteiger partial charge >= 0.3 is 0 Å². The third-order valence-corrected chi connectivity index (χ3v) is 6.08. The zero-order valence-corrected chi connectivity index (χ0v) is 17.8. The van der Waals surface area contributed by atoms with E-state index in [1.54, 1.807) is 19.1 Å². The molecule has 0 spiro atoms. The predicted molar refractivity (Wildman–Crippen MR) is 114 cm³/mol. The van der Waals surface area contributed by atoms with Crippen molar-refractivity contribution in [3.05, 3.63) is 53.6 Å². The average molecular weight is 404 g/mol. The van der Waals surface area contributed by atoms with Crippen LogP contribution in [-0.2, 0) is 4.74 Å². The molecule has 158 valence electrons. The Hall–Kier alpha value is -1.94. The largest absolute Gasteiger partial charge is 0.581 e. The normalized spacial score (nSPS) is 21.9. The van der Waals surface area contributed by atoms with E-state index < -0.39 is 11.6 Å². The molecule has 0 atom stereocenters. The van der Waals surface area contributed by atoms with Gasteiger partial charge in [0.1, 0.15) is 0 Å². The summed E-state index contributed by atoms with van der Waals surface area (Å²) in [6, 6.07) is 11.1. The maximum absolute atomic E-state index is 14.5. The highest BCUT2D eigenvalue weighted by atomic mass is 19.2. The van der Waals surface area contributed by atoms with Gasteiger partial charge in [-0.15, -0.1) is 0 Å². The van der Waals surface area contributed by atoms with Crippen molar-refractivity contribution < 1.29 is 18.3 Å². The molecule has 4 heteroatoms. The van der Waals surface area contributed by atoms with Crippen molar-refractivity contribution >= 4 is 0 Å².